The van der Waals surface area contributed by atoms with Crippen LogP contribution < -0.4 is 5.32 Å². The van der Waals surface area contributed by atoms with Gasteiger partial charge in [-0.1, -0.05) is 35.9 Å². The first kappa shape index (κ1) is 18.3. The van der Waals surface area contributed by atoms with Crippen molar-refractivity contribution in [1.29, 1.82) is 0 Å². The average molecular weight is 367 g/mol. The molecule has 0 aromatic heterocycles. The number of nitrogens with one attached hydrogen (secondary N) is 1. The van der Waals surface area contributed by atoms with Crippen LogP contribution in [-0.2, 0) is 9.59 Å². The van der Waals surface area contributed by atoms with Crippen molar-refractivity contribution in [3.8, 4) is 0 Å². The smallest absolute Gasteiger partial charge is 0.244 e. The van der Waals surface area contributed by atoms with E-state index in [2.05, 4.69) is 5.32 Å². The number of likely N-dealkylation sites (N-methyl/N-ethyl adjacent to an activating group) is 1. The lowest BCUT2D eigenvalue weighted by Gasteiger charge is -2.17. The van der Waals surface area contributed by atoms with E-state index in [0.29, 0.717) is 15.6 Å². The van der Waals surface area contributed by atoms with Crippen molar-refractivity contribution in [3.63, 3.8) is 0 Å². The highest BCUT2D eigenvalue weighted by molar-refractivity contribution is 8.00. The van der Waals surface area contributed by atoms with Crippen molar-refractivity contribution in [2.75, 3.05) is 24.7 Å². The predicted octanol–water partition coefficient (Wildman–Crippen LogP) is 3.67. The van der Waals surface area contributed by atoms with Gasteiger partial charge in [-0.25, -0.2) is 4.39 Å². The van der Waals surface area contributed by atoms with Crippen molar-refractivity contribution in [1.82, 2.24) is 4.90 Å². The number of hydrogen-bond acceptors (Lipinski definition) is 3. The van der Waals surface area contributed by atoms with Crippen molar-refractivity contribution < 1.29 is 14.0 Å². The molecule has 24 heavy (non-hydrogen) atoms. The minimum absolute atomic E-state index is 0.0524. The molecule has 0 bridgehead atoms. The zero-order chi connectivity index (χ0) is 17.5. The van der Waals surface area contributed by atoms with Crippen LogP contribution in [0, 0.1) is 5.82 Å². The Labute approximate surface area is 149 Å². The number of nitrogens with zero attached hydrogens (tertiary/aromatic N) is 1. The number of amides is 2. The first-order chi connectivity index (χ1) is 11.5. The summed E-state index contributed by atoms with van der Waals surface area (Å²) < 4.78 is 13.5. The summed E-state index contributed by atoms with van der Waals surface area (Å²) in [6, 6.07) is 13.1. The second-order valence-electron chi connectivity index (χ2n) is 5.00. The molecule has 0 unspecified atom stereocenters. The van der Waals surface area contributed by atoms with Crippen LogP contribution >= 0.6 is 23.4 Å². The molecule has 4 nitrogen and oxygen atoms in total. The number of hydrogen-bond donors (Lipinski definition) is 1. The van der Waals surface area contributed by atoms with E-state index >= 15 is 0 Å². The minimum Gasteiger partial charge on any atom is -0.336 e. The Morgan fingerprint density at radius 3 is 2.54 bits per heavy atom. The number of halogens is 2. The third-order valence-electron chi connectivity index (χ3n) is 3.14. The second-order valence-corrected chi connectivity index (χ2v) is 6.42. The van der Waals surface area contributed by atoms with E-state index < -0.39 is 0 Å². The van der Waals surface area contributed by atoms with Gasteiger partial charge in [0, 0.05) is 11.9 Å². The number of anilines is 1. The maximum Gasteiger partial charge on any atom is 0.244 e. The van der Waals surface area contributed by atoms with Gasteiger partial charge >= 0.3 is 0 Å². The fourth-order valence-corrected chi connectivity index (χ4v) is 2.93. The monoisotopic (exact) mass is 366 g/mol. The predicted molar refractivity (Wildman–Crippen MR) is 94.8 cm³/mol. The molecule has 126 valence electrons. The Bertz CT molecular complexity index is 742. The average Bonchev–Trinajstić information content (AvgIpc) is 2.56. The molecule has 2 amide bonds. The quantitative estimate of drug-likeness (QED) is 0.793. The maximum atomic E-state index is 13.5. The first-order valence-corrected chi connectivity index (χ1v) is 8.49. The minimum atomic E-state index is -0.366. The number of thioether (sulfide) groups is 1. The third-order valence-corrected chi connectivity index (χ3v) is 4.51. The van der Waals surface area contributed by atoms with Gasteiger partial charge in [-0.15, -0.1) is 11.8 Å². The largest absolute Gasteiger partial charge is 0.336 e. The van der Waals surface area contributed by atoms with Crippen LogP contribution in [0.2, 0.25) is 5.02 Å². The zero-order valence-corrected chi connectivity index (χ0v) is 14.5. The van der Waals surface area contributed by atoms with Gasteiger partial charge in [0.1, 0.15) is 5.82 Å². The van der Waals surface area contributed by atoms with Crippen molar-refractivity contribution in [2.45, 2.75) is 4.90 Å². The lowest BCUT2D eigenvalue weighted by atomic mass is 10.3. The van der Waals surface area contributed by atoms with E-state index in [1.54, 1.807) is 42.5 Å². The third kappa shape index (κ3) is 5.25. The Morgan fingerprint density at radius 1 is 1.17 bits per heavy atom. The number of para-hydroxylation sites is 1. The normalized spacial score (nSPS) is 10.3. The van der Waals surface area contributed by atoms with Gasteiger partial charge in [-0.05, 0) is 24.3 Å². The molecule has 7 heteroatoms. The number of carbonyl (C=O) groups excluding carboxylic acids is 2. The van der Waals surface area contributed by atoms with Crippen LogP contribution in [0.25, 0.3) is 0 Å². The van der Waals surface area contributed by atoms with Gasteiger partial charge in [-0.2, -0.15) is 0 Å². The molecule has 0 aliphatic heterocycles. The van der Waals surface area contributed by atoms with E-state index in [-0.39, 0.29) is 29.9 Å². The Balaban J connectivity index is 1.84. The Kier molecular flexibility index (Phi) is 6.63. The fraction of sp³-hybridized carbons (Fsp3) is 0.176. The SMILES string of the molecule is CN(CC(=O)Nc1ccccc1Cl)C(=O)CSc1ccccc1F. The summed E-state index contributed by atoms with van der Waals surface area (Å²) in [5.74, 6) is -0.932. The summed E-state index contributed by atoms with van der Waals surface area (Å²) in [5, 5.41) is 3.07. The molecule has 0 saturated heterocycles. The highest BCUT2D eigenvalue weighted by atomic mass is 35.5. The van der Waals surface area contributed by atoms with Gasteiger partial charge < -0.3 is 10.2 Å². The van der Waals surface area contributed by atoms with E-state index in [1.807, 2.05) is 0 Å². The van der Waals surface area contributed by atoms with Crippen LogP contribution in [0.15, 0.2) is 53.4 Å². The van der Waals surface area contributed by atoms with Crippen molar-refractivity contribution in [2.24, 2.45) is 0 Å². The fourth-order valence-electron chi connectivity index (χ4n) is 1.87. The Morgan fingerprint density at radius 2 is 1.83 bits per heavy atom. The van der Waals surface area contributed by atoms with E-state index in [9.17, 15) is 14.0 Å². The summed E-state index contributed by atoms with van der Waals surface area (Å²) in [5.41, 5.74) is 0.491. The lowest BCUT2D eigenvalue weighted by molar-refractivity contribution is -0.131. The molecule has 0 fully saturated rings. The van der Waals surface area contributed by atoms with Crippen LogP contribution in [0.5, 0.6) is 0 Å². The highest BCUT2D eigenvalue weighted by Crippen LogP contribution is 2.22. The summed E-state index contributed by atoms with van der Waals surface area (Å²) in [6.45, 7) is -0.109. The van der Waals surface area contributed by atoms with Gasteiger partial charge in [-0.3, -0.25) is 9.59 Å². The molecule has 1 N–H and O–H groups in total. The molecule has 0 radical (unpaired) electrons. The van der Waals surface area contributed by atoms with Gasteiger partial charge in [0.25, 0.3) is 0 Å². The Hall–Kier alpha value is -2.05. The van der Waals surface area contributed by atoms with E-state index in [1.165, 1.54) is 18.0 Å². The summed E-state index contributed by atoms with van der Waals surface area (Å²) in [6.07, 6.45) is 0. The van der Waals surface area contributed by atoms with E-state index in [0.717, 1.165) is 11.8 Å². The molecule has 0 heterocycles. The summed E-state index contributed by atoms with van der Waals surface area (Å²) >= 11 is 7.06. The molecule has 2 rings (SSSR count). The molecule has 0 spiro atoms. The van der Waals surface area contributed by atoms with Crippen LogP contribution in [0.1, 0.15) is 0 Å². The molecule has 2 aromatic rings. The molecule has 2 aromatic carbocycles. The highest BCUT2D eigenvalue weighted by Gasteiger charge is 2.15. The van der Waals surface area contributed by atoms with Crippen molar-refractivity contribution >= 4 is 40.9 Å². The summed E-state index contributed by atoms with van der Waals surface area (Å²) in [4.78, 5) is 25.7. The molecular weight excluding hydrogens is 351 g/mol. The number of benzene rings is 2. The van der Waals surface area contributed by atoms with Crippen LogP contribution in [0.4, 0.5) is 10.1 Å². The van der Waals surface area contributed by atoms with Gasteiger partial charge in [0.05, 0.1) is 23.0 Å². The van der Waals surface area contributed by atoms with Gasteiger partial charge in [0.2, 0.25) is 11.8 Å². The standard InChI is InChI=1S/C17H16ClFN2O2S/c1-21(10-16(22)20-14-8-4-2-6-12(14)18)17(23)11-24-15-9-5-3-7-13(15)19/h2-9H,10-11H2,1H3,(H,20,22). The molecule has 0 saturated carbocycles. The molecule has 0 aliphatic carbocycles. The molecular formula is C17H16ClFN2O2S. The number of rotatable bonds is 6. The van der Waals surface area contributed by atoms with Crippen LogP contribution in [-0.4, -0.2) is 36.1 Å². The number of carbonyl (C=O) groups is 2. The van der Waals surface area contributed by atoms with Crippen molar-refractivity contribution in [3.05, 3.63) is 59.4 Å². The lowest BCUT2D eigenvalue weighted by Crippen LogP contribution is -2.36. The second kappa shape index (κ2) is 8.70. The van der Waals surface area contributed by atoms with Crippen LogP contribution in [0.3, 0.4) is 0 Å². The zero-order valence-electron chi connectivity index (χ0n) is 13.0. The van der Waals surface area contributed by atoms with E-state index in [4.69, 9.17) is 11.6 Å². The topological polar surface area (TPSA) is 49.4 Å². The van der Waals surface area contributed by atoms with Gasteiger partial charge in [0.15, 0.2) is 0 Å². The summed E-state index contributed by atoms with van der Waals surface area (Å²) in [7, 11) is 1.52. The first-order valence-electron chi connectivity index (χ1n) is 7.13. The molecule has 0 atom stereocenters. The maximum absolute atomic E-state index is 13.5. The molecule has 0 aliphatic rings.